The van der Waals surface area contributed by atoms with Crippen LogP contribution in [0.2, 0.25) is 0 Å². The van der Waals surface area contributed by atoms with Gasteiger partial charge < -0.3 is 9.47 Å². The van der Waals surface area contributed by atoms with Crippen molar-refractivity contribution in [3.63, 3.8) is 0 Å². The topological polar surface area (TPSA) is 18.5 Å². The summed E-state index contributed by atoms with van der Waals surface area (Å²) in [5, 5.41) is 2.07. The summed E-state index contributed by atoms with van der Waals surface area (Å²) in [6.45, 7) is 4.28. The number of hydrogen-bond donors (Lipinski definition) is 0. The number of methoxy groups -OCH3 is 2. The first kappa shape index (κ1) is 14.7. The Balaban J connectivity index is 2.40. The molecule has 2 nitrogen and oxygen atoms in total. The van der Waals surface area contributed by atoms with E-state index in [1.165, 1.54) is 4.88 Å². The molecule has 0 amide bonds. The highest BCUT2D eigenvalue weighted by Gasteiger charge is 2.14. The van der Waals surface area contributed by atoms with Crippen molar-refractivity contribution >= 4 is 23.5 Å². The van der Waals surface area contributed by atoms with Crippen LogP contribution in [0.3, 0.4) is 0 Å². The molecule has 2 aromatic rings. The summed E-state index contributed by atoms with van der Waals surface area (Å²) in [6.07, 6.45) is 4.19. The summed E-state index contributed by atoms with van der Waals surface area (Å²) in [7, 11) is 3.40. The first-order chi connectivity index (χ1) is 9.65. The molecule has 2 rings (SSSR count). The van der Waals surface area contributed by atoms with E-state index < -0.39 is 0 Å². The fourth-order valence-electron chi connectivity index (χ4n) is 2.19. The van der Waals surface area contributed by atoms with Crippen LogP contribution in [0.5, 0.6) is 11.5 Å². The lowest BCUT2D eigenvalue weighted by Crippen LogP contribution is -1.99. The van der Waals surface area contributed by atoms with Crippen molar-refractivity contribution in [1.29, 1.82) is 0 Å². The van der Waals surface area contributed by atoms with Crippen LogP contribution < -0.4 is 9.47 Å². The molecule has 106 valence electrons. The van der Waals surface area contributed by atoms with E-state index in [1.807, 2.05) is 6.07 Å². The molecule has 0 unspecified atom stereocenters. The number of rotatable bonds is 5. The summed E-state index contributed by atoms with van der Waals surface area (Å²) >= 11 is 1.72. The second kappa shape index (κ2) is 6.62. The van der Waals surface area contributed by atoms with Crippen LogP contribution in [0, 0.1) is 0 Å². The third-order valence-electron chi connectivity index (χ3n) is 3.13. The van der Waals surface area contributed by atoms with Gasteiger partial charge in [0.05, 0.1) is 14.2 Å². The Morgan fingerprint density at radius 3 is 2.15 bits per heavy atom. The maximum absolute atomic E-state index is 5.52. The van der Waals surface area contributed by atoms with Crippen molar-refractivity contribution in [3.05, 3.63) is 45.6 Å². The molecule has 0 fully saturated rings. The summed E-state index contributed by atoms with van der Waals surface area (Å²) in [5.74, 6) is 2.12. The van der Waals surface area contributed by atoms with Gasteiger partial charge in [-0.2, -0.15) is 0 Å². The minimum Gasteiger partial charge on any atom is -0.496 e. The van der Waals surface area contributed by atoms with Gasteiger partial charge in [-0.25, -0.2) is 0 Å². The van der Waals surface area contributed by atoms with Gasteiger partial charge in [0, 0.05) is 10.4 Å². The largest absolute Gasteiger partial charge is 0.496 e. The van der Waals surface area contributed by atoms with Crippen molar-refractivity contribution in [2.45, 2.75) is 19.8 Å². The zero-order valence-electron chi connectivity index (χ0n) is 12.3. The Kier molecular flexibility index (Phi) is 4.85. The van der Waals surface area contributed by atoms with Gasteiger partial charge in [-0.15, -0.1) is 11.3 Å². The standard InChI is InChI=1S/C17H20O2S/c1-12(2)17-15(18-3)10-13(11-16(17)19-4)7-8-14-6-5-9-20-14/h5-12H,1-4H3. The number of thiophene rings is 1. The SMILES string of the molecule is COc1cc(C=Cc2cccs2)cc(OC)c1C(C)C. The third-order valence-corrected chi connectivity index (χ3v) is 3.96. The van der Waals surface area contributed by atoms with E-state index in [2.05, 4.69) is 49.6 Å². The Hall–Kier alpha value is -1.74. The van der Waals surface area contributed by atoms with Gasteiger partial charge in [-0.1, -0.05) is 26.0 Å². The summed E-state index contributed by atoms with van der Waals surface area (Å²) < 4.78 is 11.0. The van der Waals surface area contributed by atoms with Gasteiger partial charge in [0.1, 0.15) is 11.5 Å². The van der Waals surface area contributed by atoms with E-state index in [9.17, 15) is 0 Å². The highest BCUT2D eigenvalue weighted by atomic mass is 32.1. The van der Waals surface area contributed by atoms with Gasteiger partial charge in [0.25, 0.3) is 0 Å². The maximum Gasteiger partial charge on any atom is 0.126 e. The molecule has 0 saturated heterocycles. The Labute approximate surface area is 124 Å². The van der Waals surface area contributed by atoms with E-state index in [0.717, 1.165) is 22.6 Å². The van der Waals surface area contributed by atoms with Gasteiger partial charge in [0.2, 0.25) is 0 Å². The molecule has 1 aromatic carbocycles. The second-order valence-electron chi connectivity index (χ2n) is 4.84. The quantitative estimate of drug-likeness (QED) is 0.765. The smallest absolute Gasteiger partial charge is 0.126 e. The van der Waals surface area contributed by atoms with Crippen molar-refractivity contribution < 1.29 is 9.47 Å². The van der Waals surface area contributed by atoms with Gasteiger partial charge in [-0.3, -0.25) is 0 Å². The van der Waals surface area contributed by atoms with E-state index in [1.54, 1.807) is 25.6 Å². The van der Waals surface area contributed by atoms with E-state index >= 15 is 0 Å². The molecule has 1 aromatic heterocycles. The Morgan fingerprint density at radius 2 is 1.70 bits per heavy atom. The monoisotopic (exact) mass is 288 g/mol. The average molecular weight is 288 g/mol. The fourth-order valence-corrected chi connectivity index (χ4v) is 2.81. The minimum atomic E-state index is 0.357. The first-order valence-electron chi connectivity index (χ1n) is 6.63. The van der Waals surface area contributed by atoms with Crippen molar-refractivity contribution in [3.8, 4) is 11.5 Å². The fraction of sp³-hybridized carbons (Fsp3) is 0.294. The molecular formula is C17H20O2S. The second-order valence-corrected chi connectivity index (χ2v) is 5.82. The maximum atomic E-state index is 5.52. The molecule has 20 heavy (non-hydrogen) atoms. The Morgan fingerprint density at radius 1 is 1.05 bits per heavy atom. The summed E-state index contributed by atoms with van der Waals surface area (Å²) in [4.78, 5) is 1.23. The number of ether oxygens (including phenoxy) is 2. The average Bonchev–Trinajstić information content (AvgIpc) is 2.96. The number of benzene rings is 1. The minimum absolute atomic E-state index is 0.357. The van der Waals surface area contributed by atoms with Gasteiger partial charge >= 0.3 is 0 Å². The highest BCUT2D eigenvalue weighted by Crippen LogP contribution is 2.36. The van der Waals surface area contributed by atoms with Crippen LogP contribution in [0.4, 0.5) is 0 Å². The summed E-state index contributed by atoms with van der Waals surface area (Å²) in [6, 6.07) is 8.26. The van der Waals surface area contributed by atoms with Gasteiger partial charge in [0.15, 0.2) is 0 Å². The highest BCUT2D eigenvalue weighted by molar-refractivity contribution is 7.10. The van der Waals surface area contributed by atoms with Crippen LogP contribution in [-0.4, -0.2) is 14.2 Å². The molecule has 0 aliphatic rings. The molecule has 0 N–H and O–H groups in total. The molecular weight excluding hydrogens is 268 g/mol. The van der Waals surface area contributed by atoms with Crippen LogP contribution in [0.25, 0.3) is 12.2 Å². The predicted molar refractivity (Wildman–Crippen MR) is 86.9 cm³/mol. The lowest BCUT2D eigenvalue weighted by molar-refractivity contribution is 0.382. The zero-order valence-corrected chi connectivity index (χ0v) is 13.2. The zero-order chi connectivity index (χ0) is 14.5. The van der Waals surface area contributed by atoms with Crippen molar-refractivity contribution in [2.24, 2.45) is 0 Å². The third kappa shape index (κ3) is 3.23. The Bertz CT molecular complexity index is 558. The first-order valence-corrected chi connectivity index (χ1v) is 7.51. The molecule has 0 saturated carbocycles. The number of hydrogen-bond acceptors (Lipinski definition) is 3. The normalized spacial score (nSPS) is 11.2. The molecule has 0 bridgehead atoms. The molecule has 0 radical (unpaired) electrons. The lowest BCUT2D eigenvalue weighted by atomic mass is 9.98. The predicted octanol–water partition coefficient (Wildman–Crippen LogP) is 5.06. The van der Waals surface area contributed by atoms with E-state index in [-0.39, 0.29) is 0 Å². The van der Waals surface area contributed by atoms with Gasteiger partial charge in [-0.05, 0) is 41.1 Å². The van der Waals surface area contributed by atoms with Crippen LogP contribution in [0.1, 0.15) is 35.8 Å². The molecule has 0 aliphatic heterocycles. The van der Waals surface area contributed by atoms with Crippen molar-refractivity contribution in [1.82, 2.24) is 0 Å². The molecule has 0 atom stereocenters. The van der Waals surface area contributed by atoms with Crippen LogP contribution >= 0.6 is 11.3 Å². The summed E-state index contributed by atoms with van der Waals surface area (Å²) in [5.41, 5.74) is 2.19. The van der Waals surface area contributed by atoms with E-state index in [0.29, 0.717) is 5.92 Å². The molecule has 3 heteroatoms. The molecule has 0 spiro atoms. The van der Waals surface area contributed by atoms with Crippen LogP contribution in [0.15, 0.2) is 29.6 Å². The van der Waals surface area contributed by atoms with E-state index in [4.69, 9.17) is 9.47 Å². The molecule has 0 aliphatic carbocycles. The molecule has 1 heterocycles. The lowest BCUT2D eigenvalue weighted by Gasteiger charge is -2.17. The van der Waals surface area contributed by atoms with Crippen molar-refractivity contribution in [2.75, 3.05) is 14.2 Å². The van der Waals surface area contributed by atoms with Crippen LogP contribution in [-0.2, 0) is 0 Å².